The standard InChI is InChI=1S/C19H27N5O2/c1-23(2)13-11-20-19(26)17-22-16(15-10-6-7-12-24(15)17)18(25)21-14-8-4-3-5-9-14/h6-7,10,12,14H,3-5,8-9,11,13H2,1-2H3,(H,20,26)(H,21,25). The molecule has 0 bridgehead atoms. The van der Waals surface area contributed by atoms with Crippen LogP contribution in [0.15, 0.2) is 24.4 Å². The normalized spacial score (nSPS) is 15.3. The summed E-state index contributed by atoms with van der Waals surface area (Å²) in [6.45, 7) is 1.27. The molecule has 1 saturated carbocycles. The first kappa shape index (κ1) is 18.4. The lowest BCUT2D eigenvalue weighted by Gasteiger charge is -2.22. The van der Waals surface area contributed by atoms with Gasteiger partial charge in [-0.25, -0.2) is 4.98 Å². The van der Waals surface area contributed by atoms with Crippen molar-refractivity contribution in [2.45, 2.75) is 38.1 Å². The molecular formula is C19H27N5O2. The zero-order valence-corrected chi connectivity index (χ0v) is 15.5. The van der Waals surface area contributed by atoms with E-state index in [9.17, 15) is 9.59 Å². The van der Waals surface area contributed by atoms with E-state index in [-0.39, 0.29) is 23.7 Å². The number of rotatable bonds is 6. The SMILES string of the molecule is CN(C)CCNC(=O)c1nc(C(=O)NC2CCCCC2)c2ccccn12. The number of hydrogen-bond acceptors (Lipinski definition) is 4. The van der Waals surface area contributed by atoms with Crippen molar-refractivity contribution in [2.75, 3.05) is 27.2 Å². The Balaban J connectivity index is 1.80. The van der Waals surface area contributed by atoms with Gasteiger partial charge in [-0.3, -0.25) is 14.0 Å². The molecule has 0 spiro atoms. The van der Waals surface area contributed by atoms with Crippen LogP contribution in [0.3, 0.4) is 0 Å². The van der Waals surface area contributed by atoms with Crippen molar-refractivity contribution >= 4 is 17.3 Å². The maximum Gasteiger partial charge on any atom is 0.287 e. The van der Waals surface area contributed by atoms with E-state index in [0.717, 1.165) is 32.2 Å². The molecule has 0 unspecified atom stereocenters. The molecule has 2 amide bonds. The van der Waals surface area contributed by atoms with Crippen LogP contribution in [-0.2, 0) is 0 Å². The van der Waals surface area contributed by atoms with Crippen LogP contribution in [0, 0.1) is 0 Å². The molecule has 26 heavy (non-hydrogen) atoms. The maximum atomic E-state index is 12.7. The minimum absolute atomic E-state index is 0.201. The average Bonchev–Trinajstić information content (AvgIpc) is 3.02. The van der Waals surface area contributed by atoms with Gasteiger partial charge >= 0.3 is 0 Å². The minimum Gasteiger partial charge on any atom is -0.348 e. The number of nitrogens with zero attached hydrogens (tertiary/aromatic N) is 3. The van der Waals surface area contributed by atoms with Crippen LogP contribution >= 0.6 is 0 Å². The van der Waals surface area contributed by atoms with Crippen LogP contribution in [0.1, 0.15) is 53.2 Å². The summed E-state index contributed by atoms with van der Waals surface area (Å²) in [5.41, 5.74) is 0.965. The number of imidazole rings is 1. The van der Waals surface area contributed by atoms with E-state index in [1.165, 1.54) is 6.42 Å². The van der Waals surface area contributed by atoms with Gasteiger partial charge in [-0.1, -0.05) is 25.3 Å². The first-order valence-corrected chi connectivity index (χ1v) is 9.27. The Hall–Kier alpha value is -2.41. The van der Waals surface area contributed by atoms with Crippen LogP contribution in [0.5, 0.6) is 0 Å². The predicted molar refractivity (Wildman–Crippen MR) is 100 cm³/mol. The van der Waals surface area contributed by atoms with Crippen molar-refractivity contribution in [3.8, 4) is 0 Å². The van der Waals surface area contributed by atoms with Gasteiger partial charge in [0, 0.05) is 25.3 Å². The van der Waals surface area contributed by atoms with Crippen LogP contribution in [0.2, 0.25) is 0 Å². The molecule has 2 aromatic heterocycles. The average molecular weight is 357 g/mol. The fraction of sp³-hybridized carbons (Fsp3) is 0.526. The molecule has 140 valence electrons. The number of nitrogens with one attached hydrogen (secondary N) is 2. The third-order valence-electron chi connectivity index (χ3n) is 4.75. The summed E-state index contributed by atoms with van der Waals surface area (Å²) in [5, 5.41) is 5.94. The second-order valence-electron chi connectivity index (χ2n) is 7.11. The van der Waals surface area contributed by atoms with E-state index >= 15 is 0 Å². The molecule has 7 nitrogen and oxygen atoms in total. The number of carbonyl (C=O) groups excluding carboxylic acids is 2. The Bertz CT molecular complexity index is 777. The zero-order valence-electron chi connectivity index (χ0n) is 15.5. The summed E-state index contributed by atoms with van der Waals surface area (Å²) in [5.74, 6) is -0.231. The Kier molecular flexibility index (Phi) is 5.88. The van der Waals surface area contributed by atoms with E-state index in [4.69, 9.17) is 0 Å². The number of aromatic nitrogens is 2. The van der Waals surface area contributed by atoms with Crippen LogP contribution in [0.25, 0.3) is 5.52 Å². The number of fused-ring (bicyclic) bond motifs is 1. The molecule has 0 atom stereocenters. The van der Waals surface area contributed by atoms with E-state index in [1.54, 1.807) is 10.6 Å². The van der Waals surface area contributed by atoms with Crippen molar-refractivity contribution < 1.29 is 9.59 Å². The molecule has 2 heterocycles. The first-order valence-electron chi connectivity index (χ1n) is 9.27. The zero-order chi connectivity index (χ0) is 18.5. The molecular weight excluding hydrogens is 330 g/mol. The van der Waals surface area contributed by atoms with Gasteiger partial charge in [-0.05, 0) is 39.1 Å². The Labute approximate surface area is 153 Å². The smallest absolute Gasteiger partial charge is 0.287 e. The van der Waals surface area contributed by atoms with Crippen LogP contribution in [-0.4, -0.2) is 59.3 Å². The third kappa shape index (κ3) is 4.22. The van der Waals surface area contributed by atoms with Gasteiger partial charge in [0.05, 0.1) is 5.52 Å². The Morgan fingerprint density at radius 2 is 1.96 bits per heavy atom. The molecule has 0 radical (unpaired) electrons. The summed E-state index contributed by atoms with van der Waals surface area (Å²) in [6, 6.07) is 5.70. The van der Waals surface area contributed by atoms with Gasteiger partial charge < -0.3 is 15.5 Å². The number of hydrogen-bond donors (Lipinski definition) is 2. The van der Waals surface area contributed by atoms with Gasteiger partial charge in [0.15, 0.2) is 5.69 Å². The van der Waals surface area contributed by atoms with Crippen molar-refractivity contribution in [3.63, 3.8) is 0 Å². The fourth-order valence-electron chi connectivity index (χ4n) is 3.34. The summed E-state index contributed by atoms with van der Waals surface area (Å²) < 4.78 is 1.68. The van der Waals surface area contributed by atoms with E-state index in [2.05, 4.69) is 15.6 Å². The summed E-state index contributed by atoms with van der Waals surface area (Å²) in [4.78, 5) is 31.6. The van der Waals surface area contributed by atoms with Crippen molar-refractivity contribution in [1.29, 1.82) is 0 Å². The van der Waals surface area contributed by atoms with Gasteiger partial charge in [-0.15, -0.1) is 0 Å². The van der Waals surface area contributed by atoms with Crippen molar-refractivity contribution in [1.82, 2.24) is 24.9 Å². The second-order valence-corrected chi connectivity index (χ2v) is 7.11. The molecule has 2 aromatic rings. The molecule has 1 fully saturated rings. The van der Waals surface area contributed by atoms with E-state index < -0.39 is 0 Å². The fourth-order valence-corrected chi connectivity index (χ4v) is 3.34. The highest BCUT2D eigenvalue weighted by Gasteiger charge is 2.23. The topological polar surface area (TPSA) is 78.7 Å². The number of pyridine rings is 1. The molecule has 7 heteroatoms. The highest BCUT2D eigenvalue weighted by atomic mass is 16.2. The molecule has 3 rings (SSSR count). The molecule has 0 aromatic carbocycles. The number of likely N-dealkylation sites (N-methyl/N-ethyl adjacent to an activating group) is 1. The Morgan fingerprint density at radius 1 is 1.19 bits per heavy atom. The third-order valence-corrected chi connectivity index (χ3v) is 4.75. The van der Waals surface area contributed by atoms with E-state index in [1.807, 2.05) is 37.2 Å². The molecule has 0 aliphatic heterocycles. The largest absolute Gasteiger partial charge is 0.348 e. The quantitative estimate of drug-likeness (QED) is 0.825. The molecule has 0 saturated heterocycles. The predicted octanol–water partition coefficient (Wildman–Crippen LogP) is 1.69. The number of carbonyl (C=O) groups is 2. The van der Waals surface area contributed by atoms with E-state index in [0.29, 0.717) is 17.8 Å². The molecule has 1 aliphatic carbocycles. The lowest BCUT2D eigenvalue weighted by molar-refractivity contribution is 0.0925. The number of amides is 2. The molecule has 2 N–H and O–H groups in total. The molecule has 1 aliphatic rings. The van der Waals surface area contributed by atoms with Gasteiger partial charge in [0.2, 0.25) is 5.82 Å². The monoisotopic (exact) mass is 357 g/mol. The maximum absolute atomic E-state index is 12.7. The van der Waals surface area contributed by atoms with Crippen LogP contribution in [0.4, 0.5) is 0 Å². The van der Waals surface area contributed by atoms with Gasteiger partial charge in [0.1, 0.15) is 0 Å². The Morgan fingerprint density at radius 3 is 2.69 bits per heavy atom. The van der Waals surface area contributed by atoms with Gasteiger partial charge in [-0.2, -0.15) is 0 Å². The van der Waals surface area contributed by atoms with Crippen molar-refractivity contribution in [3.05, 3.63) is 35.9 Å². The van der Waals surface area contributed by atoms with Gasteiger partial charge in [0.25, 0.3) is 11.8 Å². The highest BCUT2D eigenvalue weighted by Crippen LogP contribution is 2.19. The highest BCUT2D eigenvalue weighted by molar-refractivity contribution is 6.02. The summed E-state index contributed by atoms with van der Waals surface area (Å²) >= 11 is 0. The lowest BCUT2D eigenvalue weighted by atomic mass is 9.95. The lowest BCUT2D eigenvalue weighted by Crippen LogP contribution is -2.36. The van der Waals surface area contributed by atoms with Crippen molar-refractivity contribution in [2.24, 2.45) is 0 Å². The summed E-state index contributed by atoms with van der Waals surface area (Å²) in [6.07, 6.45) is 7.31. The summed E-state index contributed by atoms with van der Waals surface area (Å²) in [7, 11) is 3.90. The minimum atomic E-state index is -0.273. The first-order chi connectivity index (χ1) is 12.6. The van der Waals surface area contributed by atoms with Crippen LogP contribution < -0.4 is 10.6 Å². The second kappa shape index (κ2) is 8.31.